The molecule has 3 aromatic rings. The lowest BCUT2D eigenvalue weighted by Crippen LogP contribution is -1.96. The maximum atomic E-state index is 2.18. The summed E-state index contributed by atoms with van der Waals surface area (Å²) >= 11 is 0. The van der Waals surface area contributed by atoms with Gasteiger partial charge in [-0.25, -0.2) is 0 Å². The van der Waals surface area contributed by atoms with Crippen molar-refractivity contribution in [2.24, 2.45) is 0 Å². The molecule has 0 aliphatic heterocycles. The van der Waals surface area contributed by atoms with Crippen molar-refractivity contribution in [1.29, 1.82) is 0 Å². The van der Waals surface area contributed by atoms with Crippen LogP contribution in [0.2, 0.25) is 0 Å². The molecular weight excluding hydrogens is 240 g/mol. The Kier molecular flexibility index (Phi) is 3.64. The summed E-state index contributed by atoms with van der Waals surface area (Å²) in [5, 5.41) is 0. The minimum absolute atomic E-state index is 1.14. The van der Waals surface area contributed by atoms with Gasteiger partial charge in [0.25, 0.3) is 0 Å². The fraction of sp³-hybridized carbons (Fsp3) is 0.100. The van der Waals surface area contributed by atoms with E-state index in [4.69, 9.17) is 0 Å². The molecule has 4 rings (SSSR count). The van der Waals surface area contributed by atoms with Gasteiger partial charge >= 0.3 is 0 Å². The Morgan fingerprint density at radius 1 is 0.500 bits per heavy atom. The summed E-state index contributed by atoms with van der Waals surface area (Å²) in [4.78, 5) is 0. The molecule has 20 heavy (non-hydrogen) atoms. The molecule has 0 aromatic heterocycles. The molecular formula is C20H18. The second-order valence-electron chi connectivity index (χ2n) is 4.93. The average molecular weight is 258 g/mol. The molecule has 0 atom stereocenters. The van der Waals surface area contributed by atoms with Gasteiger partial charge in [-0.2, -0.15) is 0 Å². The Hall–Kier alpha value is -2.34. The third-order valence-electron chi connectivity index (χ3n) is 3.69. The van der Waals surface area contributed by atoms with Crippen molar-refractivity contribution in [3.8, 4) is 22.3 Å². The smallest absolute Gasteiger partial charge is 0.00990 e. The van der Waals surface area contributed by atoms with Crippen LogP contribution < -0.4 is 0 Å². The number of aryl methyl sites for hydroxylation is 1. The second-order valence-corrected chi connectivity index (χ2v) is 4.93. The number of hydrogen-bond acceptors (Lipinski definition) is 0. The van der Waals surface area contributed by atoms with Crippen LogP contribution in [0.5, 0.6) is 0 Å². The third-order valence-corrected chi connectivity index (χ3v) is 3.69. The Labute approximate surface area is 120 Å². The molecule has 0 bridgehead atoms. The Morgan fingerprint density at radius 2 is 0.850 bits per heavy atom. The average Bonchev–Trinajstić information content (AvgIpc) is 2.54. The van der Waals surface area contributed by atoms with Crippen LogP contribution in [-0.4, -0.2) is 0 Å². The highest BCUT2D eigenvalue weighted by Gasteiger charge is 2.19. The largest absolute Gasteiger partial charge is 0.0622 e. The van der Waals surface area contributed by atoms with E-state index in [2.05, 4.69) is 79.7 Å². The van der Waals surface area contributed by atoms with Gasteiger partial charge in [0.15, 0.2) is 0 Å². The molecule has 0 radical (unpaired) electrons. The lowest BCUT2D eigenvalue weighted by molar-refractivity contribution is 1.14. The van der Waals surface area contributed by atoms with Crippen LogP contribution in [0, 0.1) is 0 Å². The van der Waals surface area contributed by atoms with E-state index in [0.29, 0.717) is 0 Å². The lowest BCUT2D eigenvalue weighted by Gasteiger charge is -2.22. The van der Waals surface area contributed by atoms with Crippen molar-refractivity contribution in [2.45, 2.75) is 13.3 Å². The SMILES string of the molecule is CCc1ccccc1.c1ccc2c(c1)-c1ccccc1-2. The standard InChI is InChI=1S/C12H8.C8H10/c1-2-6-10-9(5-1)11-7-3-4-8-12(10)11;1-2-8-6-4-3-5-7-8/h1-8H;3-7H,2H2,1H3. The van der Waals surface area contributed by atoms with Crippen LogP contribution >= 0.6 is 0 Å². The zero-order valence-electron chi connectivity index (χ0n) is 11.7. The van der Waals surface area contributed by atoms with Crippen LogP contribution in [-0.2, 0) is 6.42 Å². The fourth-order valence-electron chi connectivity index (χ4n) is 2.56. The van der Waals surface area contributed by atoms with E-state index in [1.54, 1.807) is 0 Å². The quantitative estimate of drug-likeness (QED) is 0.418. The van der Waals surface area contributed by atoms with Crippen LogP contribution in [0.3, 0.4) is 0 Å². The van der Waals surface area contributed by atoms with Crippen molar-refractivity contribution in [2.75, 3.05) is 0 Å². The fourth-order valence-corrected chi connectivity index (χ4v) is 2.56. The van der Waals surface area contributed by atoms with Crippen LogP contribution in [0.4, 0.5) is 0 Å². The minimum atomic E-state index is 1.14. The minimum Gasteiger partial charge on any atom is -0.0622 e. The van der Waals surface area contributed by atoms with Gasteiger partial charge < -0.3 is 0 Å². The van der Waals surface area contributed by atoms with Gasteiger partial charge in [0.05, 0.1) is 0 Å². The van der Waals surface area contributed by atoms with Gasteiger partial charge in [-0.05, 0) is 34.2 Å². The maximum Gasteiger partial charge on any atom is -0.00990 e. The summed E-state index contributed by atoms with van der Waals surface area (Å²) in [6.07, 6.45) is 1.14. The van der Waals surface area contributed by atoms with Gasteiger partial charge in [0, 0.05) is 0 Å². The van der Waals surface area contributed by atoms with Gasteiger partial charge in [-0.15, -0.1) is 0 Å². The Balaban J connectivity index is 0.000000133. The lowest BCUT2D eigenvalue weighted by atomic mass is 9.81. The second kappa shape index (κ2) is 5.75. The summed E-state index contributed by atoms with van der Waals surface area (Å²) in [6, 6.07) is 27.5. The normalized spacial score (nSPS) is 10.4. The van der Waals surface area contributed by atoms with Crippen LogP contribution in [0.1, 0.15) is 12.5 Å². The van der Waals surface area contributed by atoms with E-state index in [9.17, 15) is 0 Å². The molecule has 0 spiro atoms. The first-order chi connectivity index (χ1) is 9.90. The van der Waals surface area contributed by atoms with Gasteiger partial charge in [0.1, 0.15) is 0 Å². The molecule has 0 saturated heterocycles. The highest BCUT2D eigenvalue weighted by molar-refractivity contribution is 6.02. The van der Waals surface area contributed by atoms with E-state index >= 15 is 0 Å². The molecule has 98 valence electrons. The first kappa shape index (κ1) is 12.7. The van der Waals surface area contributed by atoms with Crippen LogP contribution in [0.25, 0.3) is 22.3 Å². The Morgan fingerprint density at radius 3 is 1.15 bits per heavy atom. The zero-order valence-corrected chi connectivity index (χ0v) is 11.7. The molecule has 0 heterocycles. The molecule has 1 aliphatic rings. The maximum absolute atomic E-state index is 2.18. The molecule has 0 amide bonds. The van der Waals surface area contributed by atoms with Crippen molar-refractivity contribution < 1.29 is 0 Å². The third kappa shape index (κ3) is 2.37. The number of rotatable bonds is 1. The van der Waals surface area contributed by atoms with Crippen LogP contribution in [0.15, 0.2) is 78.9 Å². The van der Waals surface area contributed by atoms with Crippen molar-refractivity contribution in [1.82, 2.24) is 0 Å². The molecule has 3 aromatic carbocycles. The molecule has 0 N–H and O–H groups in total. The summed E-state index contributed by atoms with van der Waals surface area (Å²) in [6.45, 7) is 2.16. The molecule has 0 saturated carbocycles. The molecule has 0 nitrogen and oxygen atoms in total. The molecule has 1 aliphatic carbocycles. The predicted octanol–water partition coefficient (Wildman–Crippen LogP) is 5.58. The van der Waals surface area contributed by atoms with Gasteiger partial charge in [0.2, 0.25) is 0 Å². The summed E-state index contributed by atoms with van der Waals surface area (Å²) in [5.41, 5.74) is 7.00. The molecule has 0 fully saturated rings. The summed E-state index contributed by atoms with van der Waals surface area (Å²) in [5.74, 6) is 0. The zero-order chi connectivity index (χ0) is 13.8. The van der Waals surface area contributed by atoms with Crippen molar-refractivity contribution in [3.63, 3.8) is 0 Å². The number of benzene rings is 3. The summed E-state index contributed by atoms with van der Waals surface area (Å²) < 4.78 is 0. The van der Waals surface area contributed by atoms with E-state index < -0.39 is 0 Å². The number of fused-ring (bicyclic) bond motifs is 4. The summed E-state index contributed by atoms with van der Waals surface area (Å²) in [7, 11) is 0. The molecule has 0 unspecified atom stereocenters. The van der Waals surface area contributed by atoms with Crippen molar-refractivity contribution in [3.05, 3.63) is 84.4 Å². The van der Waals surface area contributed by atoms with E-state index in [0.717, 1.165) is 6.42 Å². The van der Waals surface area contributed by atoms with E-state index in [-0.39, 0.29) is 0 Å². The van der Waals surface area contributed by atoms with Crippen molar-refractivity contribution >= 4 is 0 Å². The van der Waals surface area contributed by atoms with E-state index in [1.165, 1.54) is 27.8 Å². The van der Waals surface area contributed by atoms with Gasteiger partial charge in [-0.3, -0.25) is 0 Å². The Bertz CT molecular complexity index is 596. The predicted molar refractivity (Wildman–Crippen MR) is 86.7 cm³/mol. The van der Waals surface area contributed by atoms with Gasteiger partial charge in [-0.1, -0.05) is 85.8 Å². The highest BCUT2D eigenvalue weighted by Crippen LogP contribution is 2.46. The highest BCUT2D eigenvalue weighted by atomic mass is 14.2. The number of hydrogen-bond donors (Lipinski definition) is 0. The first-order valence-electron chi connectivity index (χ1n) is 7.13. The topological polar surface area (TPSA) is 0 Å². The first-order valence-corrected chi connectivity index (χ1v) is 7.13. The molecule has 0 heteroatoms. The monoisotopic (exact) mass is 258 g/mol. The van der Waals surface area contributed by atoms with E-state index in [1.807, 2.05) is 6.07 Å².